The molecule has 24 heavy (non-hydrogen) atoms. The minimum Gasteiger partial charge on any atom is -0.493 e. The van der Waals surface area contributed by atoms with Crippen LogP contribution in [0.1, 0.15) is 24.0 Å². The lowest BCUT2D eigenvalue weighted by molar-refractivity contribution is -0.140. The third kappa shape index (κ3) is 4.95. The monoisotopic (exact) mass is 334 g/mol. The van der Waals surface area contributed by atoms with Crippen molar-refractivity contribution in [3.63, 3.8) is 0 Å². The van der Waals surface area contributed by atoms with Crippen molar-refractivity contribution in [1.29, 1.82) is 0 Å². The van der Waals surface area contributed by atoms with Crippen LogP contribution in [0.5, 0.6) is 5.75 Å². The molecule has 0 saturated carbocycles. The van der Waals surface area contributed by atoms with E-state index in [0.717, 1.165) is 24.3 Å². The average Bonchev–Trinajstić information content (AvgIpc) is 2.56. The van der Waals surface area contributed by atoms with Crippen LogP contribution in [-0.2, 0) is 4.79 Å². The van der Waals surface area contributed by atoms with Crippen LogP contribution in [-0.4, -0.2) is 67.3 Å². The highest BCUT2D eigenvalue weighted by Gasteiger charge is 2.33. The van der Waals surface area contributed by atoms with Crippen molar-refractivity contribution in [1.82, 2.24) is 9.80 Å². The molecule has 1 aliphatic heterocycles. The van der Waals surface area contributed by atoms with Crippen molar-refractivity contribution in [3.8, 4) is 5.75 Å². The molecule has 0 aliphatic carbocycles. The maximum absolute atomic E-state index is 12.5. The van der Waals surface area contributed by atoms with E-state index >= 15 is 0 Å². The number of ether oxygens (including phenoxy) is 1. The summed E-state index contributed by atoms with van der Waals surface area (Å²) in [5.74, 6) is 0.628. The zero-order valence-electron chi connectivity index (χ0n) is 15.3. The molecule has 1 aromatic rings. The Morgan fingerprint density at radius 1 is 1.42 bits per heavy atom. The van der Waals surface area contributed by atoms with Gasteiger partial charge in [-0.2, -0.15) is 0 Å². The molecule has 0 bridgehead atoms. The third-order valence-electron chi connectivity index (χ3n) is 4.71. The first-order chi connectivity index (χ1) is 11.4. The molecule has 134 valence electrons. The zero-order valence-corrected chi connectivity index (χ0v) is 15.3. The topological polar surface area (TPSA) is 53.0 Å². The summed E-state index contributed by atoms with van der Waals surface area (Å²) in [7, 11) is 3.80. The molecule has 0 unspecified atom stereocenters. The Morgan fingerprint density at radius 2 is 2.17 bits per heavy atom. The second-order valence-electron chi connectivity index (χ2n) is 6.96. The fourth-order valence-corrected chi connectivity index (χ4v) is 3.09. The number of hydrogen-bond donors (Lipinski definition) is 1. The minimum atomic E-state index is -0.526. The average molecular weight is 334 g/mol. The van der Waals surface area contributed by atoms with Gasteiger partial charge in [0.1, 0.15) is 5.75 Å². The van der Waals surface area contributed by atoms with Crippen LogP contribution < -0.4 is 4.74 Å². The highest BCUT2D eigenvalue weighted by molar-refractivity contribution is 5.79. The first-order valence-electron chi connectivity index (χ1n) is 8.70. The number of aliphatic hydroxyl groups excluding tert-OH is 1. The number of aryl methyl sites for hydroxylation is 2. The number of benzene rings is 1. The number of aliphatic hydroxyl groups is 1. The van der Waals surface area contributed by atoms with E-state index in [1.165, 1.54) is 5.56 Å². The largest absolute Gasteiger partial charge is 0.493 e. The van der Waals surface area contributed by atoms with Gasteiger partial charge in [0.15, 0.2) is 0 Å². The van der Waals surface area contributed by atoms with Crippen LogP contribution in [0.3, 0.4) is 0 Å². The Bertz CT molecular complexity index is 562. The lowest BCUT2D eigenvalue weighted by Gasteiger charge is -2.35. The van der Waals surface area contributed by atoms with Crippen LogP contribution >= 0.6 is 0 Å². The van der Waals surface area contributed by atoms with E-state index in [1.54, 1.807) is 4.90 Å². The van der Waals surface area contributed by atoms with Crippen LogP contribution in [0.25, 0.3) is 0 Å². The van der Waals surface area contributed by atoms with Crippen molar-refractivity contribution in [2.45, 2.75) is 32.8 Å². The summed E-state index contributed by atoms with van der Waals surface area (Å²) < 4.78 is 5.84. The van der Waals surface area contributed by atoms with Gasteiger partial charge in [-0.3, -0.25) is 4.79 Å². The summed E-state index contributed by atoms with van der Waals surface area (Å²) in [6, 6.07) is 6.17. The van der Waals surface area contributed by atoms with Crippen molar-refractivity contribution >= 4 is 5.91 Å². The summed E-state index contributed by atoms with van der Waals surface area (Å²) in [4.78, 5) is 16.3. The Morgan fingerprint density at radius 3 is 2.92 bits per heavy atom. The standard InChI is InChI=1S/C19H30N2O3/c1-14-6-7-15(2)18(12-14)24-11-5-9-21(4)19(23)16-13-20(3)10-8-17(16)22/h6-7,12,16-17,22H,5,8-11,13H2,1-4H3/t16-,17-/m1/s1. The third-order valence-corrected chi connectivity index (χ3v) is 4.71. The maximum Gasteiger partial charge on any atom is 0.229 e. The van der Waals surface area contributed by atoms with Crippen LogP contribution in [0.4, 0.5) is 0 Å². The van der Waals surface area contributed by atoms with Crippen molar-refractivity contribution in [2.24, 2.45) is 5.92 Å². The number of amides is 1. The molecular weight excluding hydrogens is 304 g/mol. The predicted molar refractivity (Wildman–Crippen MR) is 95.3 cm³/mol. The van der Waals surface area contributed by atoms with Crippen LogP contribution in [0, 0.1) is 19.8 Å². The number of rotatable bonds is 6. The predicted octanol–water partition coefficient (Wildman–Crippen LogP) is 1.84. The maximum atomic E-state index is 12.5. The Kier molecular flexibility index (Phi) is 6.63. The van der Waals surface area contributed by atoms with Crippen molar-refractivity contribution < 1.29 is 14.6 Å². The fraction of sp³-hybridized carbons (Fsp3) is 0.632. The van der Waals surface area contributed by atoms with Gasteiger partial charge < -0.3 is 19.6 Å². The van der Waals surface area contributed by atoms with Gasteiger partial charge in [0.25, 0.3) is 0 Å². The second-order valence-corrected chi connectivity index (χ2v) is 6.96. The van der Waals surface area contributed by atoms with E-state index in [4.69, 9.17) is 4.74 Å². The molecule has 1 saturated heterocycles. The van der Waals surface area contributed by atoms with E-state index in [9.17, 15) is 9.90 Å². The summed E-state index contributed by atoms with van der Waals surface area (Å²) in [6.45, 7) is 6.77. The molecule has 1 N–H and O–H groups in total. The van der Waals surface area contributed by atoms with Gasteiger partial charge in [0, 0.05) is 26.7 Å². The lowest BCUT2D eigenvalue weighted by atomic mass is 9.93. The Balaban J connectivity index is 1.77. The van der Waals surface area contributed by atoms with Crippen LogP contribution in [0.15, 0.2) is 18.2 Å². The first kappa shape index (κ1) is 18.7. The SMILES string of the molecule is Cc1ccc(C)c(OCCCN(C)C(=O)[C@@H]2CN(C)CC[C@H]2O)c1. The molecule has 1 fully saturated rings. The van der Waals surface area contributed by atoms with Gasteiger partial charge in [-0.05, 0) is 50.9 Å². The number of carbonyl (C=O) groups excluding carboxylic acids is 1. The minimum absolute atomic E-state index is 0.0285. The summed E-state index contributed by atoms with van der Waals surface area (Å²) >= 11 is 0. The number of likely N-dealkylation sites (tertiary alicyclic amines) is 1. The van der Waals surface area contributed by atoms with Crippen LogP contribution in [0.2, 0.25) is 0 Å². The summed E-state index contributed by atoms with van der Waals surface area (Å²) in [6.07, 6.45) is 0.910. The van der Waals surface area contributed by atoms with Gasteiger partial charge in [0.2, 0.25) is 5.91 Å². The summed E-state index contributed by atoms with van der Waals surface area (Å²) in [5.41, 5.74) is 2.30. The molecule has 2 rings (SSSR count). The quantitative estimate of drug-likeness (QED) is 0.807. The van der Waals surface area contributed by atoms with Gasteiger partial charge in [-0.1, -0.05) is 12.1 Å². The number of piperidine rings is 1. The van der Waals surface area contributed by atoms with E-state index in [1.807, 2.05) is 34.0 Å². The molecule has 0 spiro atoms. The molecular formula is C19H30N2O3. The van der Waals surface area contributed by atoms with E-state index in [2.05, 4.69) is 17.0 Å². The number of nitrogens with zero attached hydrogens (tertiary/aromatic N) is 2. The number of hydrogen-bond acceptors (Lipinski definition) is 4. The molecule has 2 atom stereocenters. The zero-order chi connectivity index (χ0) is 17.7. The van der Waals surface area contributed by atoms with Crippen molar-refractivity contribution in [2.75, 3.05) is 40.3 Å². The van der Waals surface area contributed by atoms with Crippen molar-refractivity contribution in [3.05, 3.63) is 29.3 Å². The molecule has 1 amide bonds. The lowest BCUT2D eigenvalue weighted by Crippen LogP contribution is -2.49. The van der Waals surface area contributed by atoms with E-state index in [0.29, 0.717) is 26.1 Å². The fourth-order valence-electron chi connectivity index (χ4n) is 3.09. The number of carbonyl (C=O) groups is 1. The first-order valence-corrected chi connectivity index (χ1v) is 8.70. The van der Waals surface area contributed by atoms with Gasteiger partial charge in [-0.25, -0.2) is 0 Å². The molecule has 5 heteroatoms. The molecule has 0 radical (unpaired) electrons. The highest BCUT2D eigenvalue weighted by Crippen LogP contribution is 2.20. The molecule has 0 aromatic heterocycles. The highest BCUT2D eigenvalue weighted by atomic mass is 16.5. The normalized spacial score (nSPS) is 21.5. The van der Waals surface area contributed by atoms with Gasteiger partial charge in [-0.15, -0.1) is 0 Å². The molecule has 1 aromatic carbocycles. The van der Waals surface area contributed by atoms with E-state index < -0.39 is 6.10 Å². The Labute approximate surface area is 145 Å². The molecule has 1 heterocycles. The molecule has 1 aliphatic rings. The second kappa shape index (κ2) is 8.49. The smallest absolute Gasteiger partial charge is 0.229 e. The molecule has 5 nitrogen and oxygen atoms in total. The Hall–Kier alpha value is -1.59. The van der Waals surface area contributed by atoms with E-state index in [-0.39, 0.29) is 11.8 Å². The summed E-state index contributed by atoms with van der Waals surface area (Å²) in [5, 5.41) is 10.1. The van der Waals surface area contributed by atoms with Gasteiger partial charge >= 0.3 is 0 Å². The van der Waals surface area contributed by atoms with Gasteiger partial charge in [0.05, 0.1) is 18.6 Å².